The molecule has 1 fully saturated rings. The van der Waals surface area contributed by atoms with Gasteiger partial charge < -0.3 is 10.2 Å². The van der Waals surface area contributed by atoms with Crippen LogP contribution in [0.2, 0.25) is 0 Å². The average molecular weight is 358 g/mol. The van der Waals surface area contributed by atoms with Crippen LogP contribution >= 0.6 is 0 Å². The Bertz CT molecular complexity index is 1060. The van der Waals surface area contributed by atoms with Crippen molar-refractivity contribution >= 4 is 21.9 Å². The summed E-state index contributed by atoms with van der Waals surface area (Å²) in [5, 5.41) is 2.28. The summed E-state index contributed by atoms with van der Waals surface area (Å²) in [6.45, 7) is 3.08. The number of benzene rings is 1. The molecule has 4 heterocycles. The lowest BCUT2D eigenvalue weighted by Crippen LogP contribution is -2.39. The molecular weight excluding hydrogens is 336 g/mol. The Morgan fingerprint density at radius 1 is 1.11 bits per heavy atom. The van der Waals surface area contributed by atoms with Gasteiger partial charge >= 0.3 is 0 Å². The third-order valence-corrected chi connectivity index (χ3v) is 5.42. The van der Waals surface area contributed by atoms with Gasteiger partial charge in [-0.15, -0.1) is 0 Å². The number of pyridine rings is 2. The van der Waals surface area contributed by atoms with Crippen LogP contribution in [0.25, 0.3) is 33.2 Å². The largest absolute Gasteiger partial charge is 0.454 e. The summed E-state index contributed by atoms with van der Waals surface area (Å²) in [4.78, 5) is 11.3. The SMILES string of the molecule is NC1CCN(Cc2ccc3cncc(-c4cc5ncccc5o4)c3c2)CC1. The molecule has 5 rings (SSSR count). The number of fused-ring (bicyclic) bond motifs is 2. The predicted molar refractivity (Wildman–Crippen MR) is 107 cm³/mol. The highest BCUT2D eigenvalue weighted by Gasteiger charge is 2.17. The van der Waals surface area contributed by atoms with Crippen molar-refractivity contribution in [3.63, 3.8) is 0 Å². The van der Waals surface area contributed by atoms with E-state index in [4.69, 9.17) is 10.2 Å². The fourth-order valence-electron chi connectivity index (χ4n) is 3.88. The number of piperidine rings is 1. The fourth-order valence-corrected chi connectivity index (χ4v) is 3.88. The smallest absolute Gasteiger partial charge is 0.153 e. The standard InChI is InChI=1S/C22H22N4O/c23-17-5-8-26(9-6-17)14-15-3-4-16-12-24-13-19(18(16)10-15)22-11-20-21(27-22)2-1-7-25-20/h1-4,7,10-13,17H,5-6,8-9,14,23H2. The van der Waals surface area contributed by atoms with Gasteiger partial charge in [-0.05, 0) is 55.1 Å². The van der Waals surface area contributed by atoms with Gasteiger partial charge in [0.05, 0.1) is 0 Å². The van der Waals surface area contributed by atoms with Crippen LogP contribution in [0.5, 0.6) is 0 Å². The molecule has 0 amide bonds. The molecule has 0 spiro atoms. The van der Waals surface area contributed by atoms with Gasteiger partial charge in [0.15, 0.2) is 5.58 Å². The zero-order valence-electron chi connectivity index (χ0n) is 15.1. The second-order valence-corrected chi connectivity index (χ2v) is 7.35. The molecule has 0 radical (unpaired) electrons. The van der Waals surface area contributed by atoms with Gasteiger partial charge in [0.2, 0.25) is 0 Å². The Balaban J connectivity index is 1.52. The summed E-state index contributed by atoms with van der Waals surface area (Å²) in [7, 11) is 0. The Kier molecular flexibility index (Phi) is 4.11. The van der Waals surface area contributed by atoms with Crippen molar-refractivity contribution < 1.29 is 4.42 Å². The molecule has 0 saturated carbocycles. The van der Waals surface area contributed by atoms with Crippen LogP contribution in [0.3, 0.4) is 0 Å². The molecule has 1 aromatic carbocycles. The van der Waals surface area contributed by atoms with Crippen LogP contribution in [0, 0.1) is 0 Å². The number of nitrogens with two attached hydrogens (primary N) is 1. The first-order chi connectivity index (χ1) is 13.3. The number of furan rings is 1. The molecule has 0 unspecified atom stereocenters. The monoisotopic (exact) mass is 358 g/mol. The molecule has 1 saturated heterocycles. The van der Waals surface area contributed by atoms with Crippen LogP contribution in [-0.2, 0) is 6.54 Å². The van der Waals surface area contributed by atoms with Crippen LogP contribution in [-0.4, -0.2) is 34.0 Å². The molecule has 2 N–H and O–H groups in total. The number of rotatable bonds is 3. The Hall–Kier alpha value is -2.76. The predicted octanol–water partition coefficient (Wildman–Crippen LogP) is 3.97. The number of likely N-dealkylation sites (tertiary alicyclic amines) is 1. The van der Waals surface area contributed by atoms with Gasteiger partial charge in [0, 0.05) is 48.2 Å². The Labute approximate surface area is 157 Å². The van der Waals surface area contributed by atoms with Crippen molar-refractivity contribution in [1.82, 2.24) is 14.9 Å². The van der Waals surface area contributed by atoms with Gasteiger partial charge in [-0.2, -0.15) is 0 Å². The summed E-state index contributed by atoms with van der Waals surface area (Å²) in [6.07, 6.45) is 7.72. The maximum Gasteiger partial charge on any atom is 0.153 e. The van der Waals surface area contributed by atoms with E-state index in [1.807, 2.05) is 30.6 Å². The van der Waals surface area contributed by atoms with Crippen LogP contribution in [0.4, 0.5) is 0 Å². The van der Waals surface area contributed by atoms with Crippen molar-refractivity contribution in [2.24, 2.45) is 5.73 Å². The molecule has 27 heavy (non-hydrogen) atoms. The highest BCUT2D eigenvalue weighted by atomic mass is 16.3. The highest BCUT2D eigenvalue weighted by molar-refractivity contribution is 5.96. The van der Waals surface area contributed by atoms with Gasteiger partial charge in [-0.3, -0.25) is 14.9 Å². The van der Waals surface area contributed by atoms with Crippen molar-refractivity contribution in [3.05, 3.63) is 60.6 Å². The van der Waals surface area contributed by atoms with E-state index < -0.39 is 0 Å². The molecular formula is C22H22N4O. The first kappa shape index (κ1) is 16.4. The second-order valence-electron chi connectivity index (χ2n) is 7.35. The molecule has 0 bridgehead atoms. The van der Waals surface area contributed by atoms with Gasteiger partial charge in [-0.1, -0.05) is 12.1 Å². The molecule has 0 atom stereocenters. The van der Waals surface area contributed by atoms with E-state index in [1.165, 1.54) is 5.56 Å². The zero-order valence-corrected chi connectivity index (χ0v) is 15.1. The van der Waals surface area contributed by atoms with E-state index in [2.05, 4.69) is 33.1 Å². The minimum absolute atomic E-state index is 0.359. The van der Waals surface area contributed by atoms with E-state index in [1.54, 1.807) is 6.20 Å². The van der Waals surface area contributed by atoms with Crippen molar-refractivity contribution in [2.45, 2.75) is 25.4 Å². The molecule has 1 aliphatic rings. The summed E-state index contributed by atoms with van der Waals surface area (Å²) < 4.78 is 6.04. The highest BCUT2D eigenvalue weighted by Crippen LogP contribution is 2.32. The number of hydrogen-bond donors (Lipinski definition) is 1. The van der Waals surface area contributed by atoms with E-state index >= 15 is 0 Å². The lowest BCUT2D eigenvalue weighted by Gasteiger charge is -2.30. The molecule has 5 heteroatoms. The first-order valence-electron chi connectivity index (χ1n) is 9.46. The molecule has 136 valence electrons. The summed E-state index contributed by atoms with van der Waals surface area (Å²) in [5.74, 6) is 0.808. The zero-order chi connectivity index (χ0) is 18.2. The fraction of sp³-hybridized carbons (Fsp3) is 0.273. The van der Waals surface area contributed by atoms with Crippen molar-refractivity contribution in [1.29, 1.82) is 0 Å². The van der Waals surface area contributed by atoms with Crippen LogP contribution in [0.1, 0.15) is 18.4 Å². The summed E-state index contributed by atoms with van der Waals surface area (Å²) in [5.41, 5.74) is 10.0. The molecule has 5 nitrogen and oxygen atoms in total. The average Bonchev–Trinajstić information content (AvgIpc) is 3.13. The lowest BCUT2D eigenvalue weighted by atomic mass is 10.0. The van der Waals surface area contributed by atoms with Gasteiger partial charge in [0.25, 0.3) is 0 Å². The first-order valence-corrected chi connectivity index (χ1v) is 9.46. The van der Waals surface area contributed by atoms with Gasteiger partial charge in [0.1, 0.15) is 11.3 Å². The minimum Gasteiger partial charge on any atom is -0.454 e. The number of nitrogens with zero attached hydrogens (tertiary/aromatic N) is 3. The van der Waals surface area contributed by atoms with Gasteiger partial charge in [-0.25, -0.2) is 0 Å². The third-order valence-electron chi connectivity index (χ3n) is 5.42. The topological polar surface area (TPSA) is 68.2 Å². The minimum atomic E-state index is 0.359. The number of aromatic nitrogens is 2. The van der Waals surface area contributed by atoms with E-state index in [0.29, 0.717) is 6.04 Å². The maximum absolute atomic E-state index is 6.04. The number of hydrogen-bond acceptors (Lipinski definition) is 5. The van der Waals surface area contributed by atoms with Crippen molar-refractivity contribution in [2.75, 3.05) is 13.1 Å². The van der Waals surface area contributed by atoms with E-state index in [9.17, 15) is 0 Å². The Morgan fingerprint density at radius 2 is 2.00 bits per heavy atom. The Morgan fingerprint density at radius 3 is 2.85 bits per heavy atom. The molecule has 0 aliphatic carbocycles. The van der Waals surface area contributed by atoms with Crippen LogP contribution in [0.15, 0.2) is 59.4 Å². The van der Waals surface area contributed by atoms with E-state index in [0.717, 1.165) is 65.7 Å². The second kappa shape index (κ2) is 6.76. The maximum atomic E-state index is 6.04. The molecule has 3 aromatic heterocycles. The molecule has 4 aromatic rings. The normalized spacial score (nSPS) is 16.3. The summed E-state index contributed by atoms with van der Waals surface area (Å²) in [6, 6.07) is 12.8. The lowest BCUT2D eigenvalue weighted by molar-refractivity contribution is 0.206. The molecule has 1 aliphatic heterocycles. The quantitative estimate of drug-likeness (QED) is 0.600. The third kappa shape index (κ3) is 3.20. The van der Waals surface area contributed by atoms with Crippen molar-refractivity contribution in [3.8, 4) is 11.3 Å². The van der Waals surface area contributed by atoms with E-state index in [-0.39, 0.29) is 0 Å². The summed E-state index contributed by atoms with van der Waals surface area (Å²) >= 11 is 0. The van der Waals surface area contributed by atoms with Crippen LogP contribution < -0.4 is 5.73 Å².